The van der Waals surface area contributed by atoms with Crippen molar-refractivity contribution >= 4 is 18.0 Å². The lowest BCUT2D eigenvalue weighted by molar-refractivity contribution is 0.478. The Bertz CT molecular complexity index is 756. The molecule has 1 atom stereocenters. The van der Waals surface area contributed by atoms with E-state index in [4.69, 9.17) is 4.99 Å². The molecule has 0 aromatic heterocycles. The fraction of sp³-hybridized carbons (Fsp3) is 0.455. The molecule has 1 aliphatic rings. The van der Waals surface area contributed by atoms with Gasteiger partial charge < -0.3 is 5.32 Å². The van der Waals surface area contributed by atoms with E-state index in [-0.39, 0.29) is 0 Å². The quantitative estimate of drug-likeness (QED) is 0.539. The molecule has 3 nitrogen and oxygen atoms in total. The molecule has 0 amide bonds. The summed E-state index contributed by atoms with van der Waals surface area (Å²) in [5.41, 5.74) is 2.30. The van der Waals surface area contributed by atoms with Crippen molar-refractivity contribution in [2.75, 3.05) is 13.1 Å². The Labute approximate surface area is 152 Å². The van der Waals surface area contributed by atoms with Gasteiger partial charge in [0.2, 0.25) is 0 Å². The van der Waals surface area contributed by atoms with Crippen LogP contribution in [-0.4, -0.2) is 18.9 Å². The maximum atomic E-state index is 4.77. The first-order chi connectivity index (χ1) is 12.1. The first-order valence-corrected chi connectivity index (χ1v) is 9.39. The molecule has 3 heteroatoms. The molecule has 1 aromatic carbocycles. The largest absolute Gasteiger partial charge is 0.347 e. The molecule has 134 valence electrons. The topological polar surface area (TPSA) is 36.8 Å². The molecule has 0 aliphatic carbocycles. The molecule has 1 heterocycles. The van der Waals surface area contributed by atoms with E-state index in [9.17, 15) is 0 Å². The lowest BCUT2D eigenvalue weighted by Gasteiger charge is -2.11. The molecule has 0 radical (unpaired) electrons. The van der Waals surface area contributed by atoms with E-state index in [1.807, 2.05) is 0 Å². The molecule has 2 rings (SSSR count). The zero-order chi connectivity index (χ0) is 18.1. The van der Waals surface area contributed by atoms with Gasteiger partial charge in [-0.2, -0.15) is 0 Å². The number of unbranched alkanes of at least 4 members (excludes halogenated alkanes) is 1. The fourth-order valence-corrected chi connectivity index (χ4v) is 3.01. The van der Waals surface area contributed by atoms with Gasteiger partial charge in [-0.15, -0.1) is 0 Å². The molecule has 0 fully saturated rings. The highest BCUT2D eigenvalue weighted by Crippen LogP contribution is 2.12. The maximum absolute atomic E-state index is 4.77. The fourth-order valence-electron chi connectivity index (χ4n) is 3.01. The predicted octanol–water partition coefficient (Wildman–Crippen LogP) is 3.85. The second kappa shape index (κ2) is 9.97. The van der Waals surface area contributed by atoms with Crippen molar-refractivity contribution < 1.29 is 0 Å². The van der Waals surface area contributed by atoms with Crippen molar-refractivity contribution in [1.29, 1.82) is 0 Å². The summed E-state index contributed by atoms with van der Waals surface area (Å²) < 4.78 is 0. The van der Waals surface area contributed by atoms with Gasteiger partial charge in [-0.3, -0.25) is 9.98 Å². The second-order valence-electron chi connectivity index (χ2n) is 6.81. The molecule has 1 unspecified atom stereocenters. The van der Waals surface area contributed by atoms with Gasteiger partial charge in [-0.25, -0.2) is 0 Å². The number of hydrogen-bond donors (Lipinski definition) is 1. The van der Waals surface area contributed by atoms with E-state index >= 15 is 0 Å². The van der Waals surface area contributed by atoms with Crippen LogP contribution in [0, 0.1) is 5.92 Å². The van der Waals surface area contributed by atoms with Crippen LogP contribution in [0.4, 0.5) is 0 Å². The summed E-state index contributed by atoms with van der Waals surface area (Å²) >= 11 is 0. The highest BCUT2D eigenvalue weighted by atomic mass is 15.0. The standard InChI is InChI=1S/C22H31N3/c1-5-7-8-17(3)11-13-25-22(23-6-2)18(4)15-19-9-10-21-20(16-19)12-14-24-21/h6,9-10,12,15-17H,2,5,7-8,11,13-14H2,1,3-4H3,(H,23,25)/b18-15+. The zero-order valence-corrected chi connectivity index (χ0v) is 15.9. The van der Waals surface area contributed by atoms with Gasteiger partial charge in [0.15, 0.2) is 0 Å². The van der Waals surface area contributed by atoms with Crippen molar-refractivity contribution in [3.63, 3.8) is 0 Å². The normalized spacial score (nSPS) is 15.2. The van der Waals surface area contributed by atoms with Crippen LogP contribution in [0.3, 0.4) is 0 Å². The van der Waals surface area contributed by atoms with E-state index in [0.29, 0.717) is 0 Å². The summed E-state index contributed by atoms with van der Waals surface area (Å²) in [6.07, 6.45) is 11.0. The third kappa shape index (κ3) is 6.00. The first kappa shape index (κ1) is 19.2. The SMILES string of the molecule is C=CNC(=NCCC(C)CCCC)/C(C)=C/c1ccc2c(c1)=CCN=2. The number of aliphatic imine (C=N–C) groups is 1. The number of benzene rings is 1. The van der Waals surface area contributed by atoms with Gasteiger partial charge in [-0.05, 0) is 60.0 Å². The highest BCUT2D eigenvalue weighted by Gasteiger charge is 2.04. The third-order valence-corrected chi connectivity index (χ3v) is 4.56. The number of fused-ring (bicyclic) bond motifs is 1. The summed E-state index contributed by atoms with van der Waals surface area (Å²) in [7, 11) is 0. The summed E-state index contributed by atoms with van der Waals surface area (Å²) in [5, 5.41) is 5.51. The Hall–Kier alpha value is -2.16. The number of nitrogens with one attached hydrogen (secondary N) is 1. The Morgan fingerprint density at radius 2 is 2.24 bits per heavy atom. The average Bonchev–Trinajstić information content (AvgIpc) is 3.06. The van der Waals surface area contributed by atoms with Crippen LogP contribution >= 0.6 is 0 Å². The van der Waals surface area contributed by atoms with Crippen LogP contribution in [-0.2, 0) is 0 Å². The van der Waals surface area contributed by atoms with Crippen LogP contribution < -0.4 is 15.9 Å². The third-order valence-electron chi connectivity index (χ3n) is 4.56. The van der Waals surface area contributed by atoms with E-state index in [0.717, 1.165) is 42.2 Å². The molecule has 0 saturated heterocycles. The first-order valence-electron chi connectivity index (χ1n) is 9.39. The number of rotatable bonds is 9. The summed E-state index contributed by atoms with van der Waals surface area (Å²) in [6.45, 7) is 12.1. The Balaban J connectivity index is 2.06. The number of nitrogens with zero attached hydrogens (tertiary/aromatic N) is 2. The molecule has 0 spiro atoms. The van der Waals surface area contributed by atoms with E-state index in [1.54, 1.807) is 6.20 Å². The molecule has 0 bridgehead atoms. The second-order valence-corrected chi connectivity index (χ2v) is 6.81. The van der Waals surface area contributed by atoms with E-state index in [1.165, 1.54) is 30.0 Å². The van der Waals surface area contributed by atoms with Crippen molar-refractivity contribution in [3.8, 4) is 0 Å². The van der Waals surface area contributed by atoms with Crippen LogP contribution in [0.25, 0.3) is 12.2 Å². The number of amidine groups is 1. The predicted molar refractivity (Wildman–Crippen MR) is 109 cm³/mol. The van der Waals surface area contributed by atoms with Gasteiger partial charge >= 0.3 is 0 Å². The Morgan fingerprint density at radius 3 is 3.00 bits per heavy atom. The maximum Gasteiger partial charge on any atom is 0.127 e. The number of hydrogen-bond acceptors (Lipinski definition) is 2. The average molecular weight is 338 g/mol. The summed E-state index contributed by atoms with van der Waals surface area (Å²) in [4.78, 5) is 9.21. The molecule has 1 aromatic rings. The van der Waals surface area contributed by atoms with E-state index in [2.05, 4.69) is 68.0 Å². The lowest BCUT2D eigenvalue weighted by Crippen LogP contribution is -2.21. The van der Waals surface area contributed by atoms with Gasteiger partial charge in [0.05, 0.1) is 11.9 Å². The van der Waals surface area contributed by atoms with Crippen LogP contribution in [0.15, 0.2) is 46.5 Å². The summed E-state index contributed by atoms with van der Waals surface area (Å²) in [5.74, 6) is 1.64. The van der Waals surface area contributed by atoms with Crippen molar-refractivity contribution in [2.45, 2.75) is 46.5 Å². The van der Waals surface area contributed by atoms with Gasteiger partial charge in [0.25, 0.3) is 0 Å². The van der Waals surface area contributed by atoms with Crippen molar-refractivity contribution in [3.05, 3.63) is 52.7 Å². The molecular formula is C22H31N3. The molecular weight excluding hydrogens is 306 g/mol. The minimum Gasteiger partial charge on any atom is -0.347 e. The Morgan fingerprint density at radius 1 is 1.40 bits per heavy atom. The van der Waals surface area contributed by atoms with E-state index < -0.39 is 0 Å². The minimum absolute atomic E-state index is 0.731. The van der Waals surface area contributed by atoms with Gasteiger partial charge in [-0.1, -0.05) is 51.8 Å². The summed E-state index contributed by atoms with van der Waals surface area (Å²) in [6, 6.07) is 6.39. The van der Waals surface area contributed by atoms with Gasteiger partial charge in [0.1, 0.15) is 5.84 Å². The monoisotopic (exact) mass is 337 g/mol. The molecule has 0 saturated carbocycles. The molecule has 25 heavy (non-hydrogen) atoms. The van der Waals surface area contributed by atoms with Crippen LogP contribution in [0.2, 0.25) is 0 Å². The van der Waals surface area contributed by atoms with Crippen LogP contribution in [0.5, 0.6) is 0 Å². The van der Waals surface area contributed by atoms with Crippen LogP contribution in [0.1, 0.15) is 52.0 Å². The smallest absolute Gasteiger partial charge is 0.127 e. The molecule has 1 aliphatic heterocycles. The van der Waals surface area contributed by atoms with Crippen molar-refractivity contribution in [1.82, 2.24) is 5.32 Å². The van der Waals surface area contributed by atoms with Gasteiger partial charge in [0, 0.05) is 6.54 Å². The lowest BCUT2D eigenvalue weighted by atomic mass is 10.0. The Kier molecular flexibility index (Phi) is 7.65. The highest BCUT2D eigenvalue weighted by molar-refractivity contribution is 6.02. The zero-order valence-electron chi connectivity index (χ0n) is 15.9. The van der Waals surface area contributed by atoms with Crippen molar-refractivity contribution in [2.24, 2.45) is 15.9 Å². The minimum atomic E-state index is 0.731. The molecule has 1 N–H and O–H groups in total.